The molecule has 0 aromatic rings. The number of carbonyl (C=O) groups is 2. The summed E-state index contributed by atoms with van der Waals surface area (Å²) >= 11 is 0. The number of fused-ring (bicyclic) bond motifs is 14. The molecule has 0 unspecified atom stereocenters. The lowest BCUT2D eigenvalue weighted by Gasteiger charge is -2.74. The quantitative estimate of drug-likeness (QED) is 0.253. The average molecular weight is 875 g/mol. The van der Waals surface area contributed by atoms with Crippen molar-refractivity contribution in [1.82, 2.24) is 0 Å². The molecule has 0 bridgehead atoms. The molecule has 0 heterocycles. The molecule has 63 heavy (non-hydrogen) atoms. The lowest BCUT2D eigenvalue weighted by atomic mass is 9.31. The number of carbonyl (C=O) groups excluding carboxylic acids is 2. The predicted octanol–water partition coefficient (Wildman–Crippen LogP) is 13.5. The molecule has 10 saturated carbocycles. The Morgan fingerprint density at radius 2 is 0.587 bits per heavy atom. The molecule has 0 aliphatic heterocycles. The molecule has 5 nitrogen and oxygen atoms in total. The van der Waals surface area contributed by atoms with Gasteiger partial charge in [-0.3, -0.25) is 9.59 Å². The van der Waals surface area contributed by atoms with E-state index in [4.69, 9.17) is 0 Å². The number of ketones is 2. The van der Waals surface area contributed by atoms with E-state index in [9.17, 15) is 19.8 Å². The first-order chi connectivity index (χ1) is 28.5. The molecule has 5 heteroatoms. The Morgan fingerprint density at radius 3 is 0.873 bits per heavy atom. The van der Waals surface area contributed by atoms with Crippen LogP contribution in [0.4, 0.5) is 0 Å². The van der Waals surface area contributed by atoms with Crippen LogP contribution in [0.2, 0.25) is 0 Å². The molecule has 10 aliphatic carbocycles. The van der Waals surface area contributed by atoms with Crippen molar-refractivity contribution in [2.75, 3.05) is 0 Å². The zero-order chi connectivity index (χ0) is 45.3. The largest absolute Gasteiger partial charge is 0.412 e. The van der Waals surface area contributed by atoms with Gasteiger partial charge in [0.2, 0.25) is 0 Å². The van der Waals surface area contributed by atoms with Crippen LogP contribution >= 0.6 is 0 Å². The third-order valence-corrected chi connectivity index (χ3v) is 26.6. The van der Waals surface area contributed by atoms with E-state index in [1.807, 2.05) is 13.8 Å². The van der Waals surface area contributed by atoms with Crippen molar-refractivity contribution in [3.05, 3.63) is 0 Å². The highest BCUT2D eigenvalue weighted by Crippen LogP contribution is 2.79. The van der Waals surface area contributed by atoms with Crippen LogP contribution in [0, 0.1) is 101 Å². The summed E-state index contributed by atoms with van der Waals surface area (Å²) in [6.07, 6.45) is 26.9. The van der Waals surface area contributed by atoms with Crippen molar-refractivity contribution in [3.63, 3.8) is 0 Å². The number of aliphatic hydroxyl groups is 2. The van der Waals surface area contributed by atoms with Crippen molar-refractivity contribution >= 4 is 11.6 Å². The first kappa shape index (κ1) is 48.7. The molecule has 4 N–H and O–H groups in total. The molecule has 0 saturated heterocycles. The third kappa shape index (κ3) is 6.13. The predicted molar refractivity (Wildman–Crippen MR) is 257 cm³/mol. The molecule has 18 atom stereocenters. The number of rotatable bonds is 0. The maximum atomic E-state index is 12.7. The first-order valence-corrected chi connectivity index (χ1v) is 27.0. The van der Waals surface area contributed by atoms with Crippen LogP contribution in [0.5, 0.6) is 0 Å². The highest BCUT2D eigenvalue weighted by Gasteiger charge is 2.73. The lowest BCUT2D eigenvalue weighted by molar-refractivity contribution is -0.259. The Balaban J connectivity index is 0.000000170. The summed E-state index contributed by atoms with van der Waals surface area (Å²) in [6, 6.07) is 0. The normalized spacial score (nSPS) is 57.6. The third-order valence-electron chi connectivity index (χ3n) is 26.6. The van der Waals surface area contributed by atoms with E-state index in [0.717, 1.165) is 49.4 Å². The fourth-order valence-electron chi connectivity index (χ4n) is 23.3. The molecular weight excluding hydrogens is 777 g/mol. The van der Waals surface area contributed by atoms with Crippen LogP contribution in [0.3, 0.4) is 0 Å². The number of Topliss-reactive ketones (excluding diaryl/α,β-unsaturated/α-hetero) is 2. The van der Waals surface area contributed by atoms with E-state index in [1.54, 1.807) is 0 Å². The summed E-state index contributed by atoms with van der Waals surface area (Å²) in [4.78, 5) is 25.3. The topological polar surface area (TPSA) is 106 Å². The molecule has 0 aromatic carbocycles. The van der Waals surface area contributed by atoms with Gasteiger partial charge in [0.05, 0.1) is 0 Å². The summed E-state index contributed by atoms with van der Waals surface area (Å²) in [5.41, 5.74) is 1.31. The standard InChI is InChI=1S/2C29H48O2.H2O/c2*1-24(2)14-8-15-25(3)19(24)11-17-27(5)20(25)9-10-21-26(4)16-13-23(30)29(7,31)22(26)12-18-28(21,27)6;/h2*19-22,31H,8-18H2,1-7H3;1H2/t2*19-,20+,21+,22+,25-,26+,27+,28+,29-;/m00./s1. The molecule has 0 aromatic heterocycles. The maximum absolute atomic E-state index is 12.7. The number of hydrogen-bond donors (Lipinski definition) is 2. The van der Waals surface area contributed by atoms with Crippen molar-refractivity contribution in [2.24, 2.45) is 101 Å². The van der Waals surface area contributed by atoms with Gasteiger partial charge in [0.15, 0.2) is 11.6 Å². The van der Waals surface area contributed by atoms with Crippen LogP contribution in [0.15, 0.2) is 0 Å². The molecule has 10 aliphatic rings. The van der Waals surface area contributed by atoms with Gasteiger partial charge < -0.3 is 15.7 Å². The summed E-state index contributed by atoms with van der Waals surface area (Å²) in [7, 11) is 0. The summed E-state index contributed by atoms with van der Waals surface area (Å²) in [6.45, 7) is 34.8. The monoisotopic (exact) mass is 875 g/mol. The van der Waals surface area contributed by atoms with Gasteiger partial charge in [-0.05, 0) is 219 Å². The second-order valence-corrected chi connectivity index (χ2v) is 29.2. The van der Waals surface area contributed by atoms with E-state index in [2.05, 4.69) is 83.1 Å². The lowest BCUT2D eigenvalue weighted by Crippen LogP contribution is -2.69. The summed E-state index contributed by atoms with van der Waals surface area (Å²) in [5.74, 6) is 5.12. The Morgan fingerprint density at radius 1 is 0.333 bits per heavy atom. The molecule has 0 amide bonds. The zero-order valence-corrected chi connectivity index (χ0v) is 43.4. The van der Waals surface area contributed by atoms with Gasteiger partial charge in [-0.1, -0.05) is 95.9 Å². The Bertz CT molecular complexity index is 1700. The summed E-state index contributed by atoms with van der Waals surface area (Å²) < 4.78 is 0. The molecule has 360 valence electrons. The second-order valence-electron chi connectivity index (χ2n) is 29.2. The van der Waals surface area contributed by atoms with Gasteiger partial charge in [-0.25, -0.2) is 0 Å². The van der Waals surface area contributed by atoms with Crippen molar-refractivity contribution in [3.8, 4) is 0 Å². The van der Waals surface area contributed by atoms with Crippen molar-refractivity contribution < 1.29 is 25.3 Å². The number of hydrogen-bond acceptors (Lipinski definition) is 4. The first-order valence-electron chi connectivity index (χ1n) is 27.0. The van der Waals surface area contributed by atoms with Gasteiger partial charge in [0.25, 0.3) is 0 Å². The van der Waals surface area contributed by atoms with Gasteiger partial charge in [0, 0.05) is 24.7 Å². The van der Waals surface area contributed by atoms with Crippen LogP contribution in [0.1, 0.15) is 238 Å². The Hall–Kier alpha value is -0.780. The minimum absolute atomic E-state index is 0. The zero-order valence-electron chi connectivity index (χ0n) is 43.4. The Kier molecular flexibility index (Phi) is 11.3. The molecule has 10 fully saturated rings. The fourth-order valence-corrected chi connectivity index (χ4v) is 23.3. The molecule has 10 rings (SSSR count). The fraction of sp³-hybridized carbons (Fsp3) is 0.966. The van der Waals surface area contributed by atoms with E-state index in [-0.39, 0.29) is 39.7 Å². The van der Waals surface area contributed by atoms with Crippen molar-refractivity contribution in [2.45, 2.75) is 249 Å². The highest BCUT2D eigenvalue weighted by atomic mass is 16.3. The van der Waals surface area contributed by atoms with E-state index >= 15 is 0 Å². The SMILES string of the molecule is CC1(C)CCC[C@]2(C)[C@H]3CC[C@@H]4[C@@]5(C)CCC(=O)[C@@](C)(O)[C@@H]5CC[C@@]4(C)[C@]3(C)CC[C@@H]12.CC1(C)CCC[C@]2(C)[C@H]3CC[C@@H]4[C@@]5(C)CCC(=O)[C@@](C)(O)[C@@H]5CC[C@@]4(C)[C@]3(C)CC[C@@H]12.O. The van der Waals surface area contributed by atoms with Gasteiger partial charge in [-0.2, -0.15) is 0 Å². The summed E-state index contributed by atoms with van der Waals surface area (Å²) in [5, 5.41) is 22.6. The second kappa shape index (κ2) is 14.6. The minimum Gasteiger partial charge on any atom is -0.412 e. The average Bonchev–Trinajstić information content (AvgIpc) is 3.15. The van der Waals surface area contributed by atoms with E-state index in [1.165, 1.54) is 103 Å². The van der Waals surface area contributed by atoms with Gasteiger partial charge in [-0.15, -0.1) is 0 Å². The minimum atomic E-state index is -1.12. The highest BCUT2D eigenvalue weighted by molar-refractivity contribution is 5.88. The van der Waals surface area contributed by atoms with Crippen LogP contribution < -0.4 is 0 Å². The van der Waals surface area contributed by atoms with Gasteiger partial charge in [0.1, 0.15) is 11.2 Å². The van der Waals surface area contributed by atoms with Crippen LogP contribution in [-0.4, -0.2) is 38.5 Å². The smallest absolute Gasteiger partial charge is 0.164 e. The van der Waals surface area contributed by atoms with E-state index < -0.39 is 11.2 Å². The molecule has 0 spiro atoms. The van der Waals surface area contributed by atoms with Crippen LogP contribution in [-0.2, 0) is 9.59 Å². The van der Waals surface area contributed by atoms with Crippen molar-refractivity contribution in [1.29, 1.82) is 0 Å². The van der Waals surface area contributed by atoms with Crippen LogP contribution in [0.25, 0.3) is 0 Å². The molecule has 0 radical (unpaired) electrons. The van der Waals surface area contributed by atoms with Gasteiger partial charge >= 0.3 is 0 Å². The Labute approximate surface area is 386 Å². The van der Waals surface area contributed by atoms with E-state index in [0.29, 0.717) is 68.0 Å². The maximum Gasteiger partial charge on any atom is 0.164 e. The molecular formula is C58H98O5.